The average molecular weight is 338 g/mol. The van der Waals surface area contributed by atoms with Crippen molar-refractivity contribution in [3.8, 4) is 0 Å². The van der Waals surface area contributed by atoms with Crippen LogP contribution in [0.15, 0.2) is 18.2 Å². The summed E-state index contributed by atoms with van der Waals surface area (Å²) >= 11 is 1.07. The van der Waals surface area contributed by atoms with Crippen LogP contribution in [-0.2, 0) is 15.9 Å². The maximum Gasteiger partial charge on any atom is 0.124 e. The molecule has 1 N–H and O–H groups in total. The number of hydrogen-bond donors (Lipinski definition) is 1. The summed E-state index contributed by atoms with van der Waals surface area (Å²) in [6, 6.07) is 6.72. The van der Waals surface area contributed by atoms with E-state index >= 15 is 0 Å². The lowest BCUT2D eigenvalue weighted by atomic mass is 9.82. The molecular weight excluding hydrogens is 312 g/mol. The van der Waals surface area contributed by atoms with Gasteiger partial charge in [-0.15, -0.1) is 4.33 Å². The van der Waals surface area contributed by atoms with Gasteiger partial charge in [0.05, 0.1) is 0 Å². The number of fused-ring (bicyclic) bond motifs is 2. The SMILES string of the molecule is CC.OOOSN1CCN2C[C@@H]3CCC[C@@H]3c3cccc(c32)C1. The fourth-order valence-electron chi connectivity index (χ4n) is 4.29. The van der Waals surface area contributed by atoms with Crippen LogP contribution in [0, 0.1) is 5.92 Å². The van der Waals surface area contributed by atoms with Crippen molar-refractivity contribution in [2.24, 2.45) is 5.92 Å². The molecule has 4 rings (SSSR count). The fourth-order valence-corrected chi connectivity index (χ4v) is 4.75. The largest absolute Gasteiger partial charge is 0.369 e. The van der Waals surface area contributed by atoms with E-state index in [1.165, 1.54) is 37.1 Å². The van der Waals surface area contributed by atoms with E-state index in [2.05, 4.69) is 36.8 Å². The van der Waals surface area contributed by atoms with Gasteiger partial charge >= 0.3 is 0 Å². The van der Waals surface area contributed by atoms with Gasteiger partial charge in [0.1, 0.15) is 12.2 Å². The molecule has 0 radical (unpaired) electrons. The van der Waals surface area contributed by atoms with E-state index in [0.717, 1.165) is 43.7 Å². The van der Waals surface area contributed by atoms with E-state index in [4.69, 9.17) is 5.26 Å². The molecule has 1 aromatic rings. The predicted octanol–water partition coefficient (Wildman–Crippen LogP) is 4.22. The molecule has 1 aliphatic carbocycles. The molecule has 128 valence electrons. The van der Waals surface area contributed by atoms with Crippen LogP contribution in [0.2, 0.25) is 0 Å². The van der Waals surface area contributed by atoms with Crippen LogP contribution in [0.5, 0.6) is 0 Å². The van der Waals surface area contributed by atoms with Crippen molar-refractivity contribution in [3.63, 3.8) is 0 Å². The van der Waals surface area contributed by atoms with Gasteiger partial charge in [-0.3, -0.25) is 0 Å². The van der Waals surface area contributed by atoms with Gasteiger partial charge in [-0.1, -0.05) is 43.5 Å². The van der Waals surface area contributed by atoms with Crippen molar-refractivity contribution < 1.29 is 14.6 Å². The second-order valence-electron chi connectivity index (χ2n) is 6.18. The Morgan fingerprint density at radius 3 is 2.91 bits per heavy atom. The van der Waals surface area contributed by atoms with Crippen molar-refractivity contribution in [2.45, 2.75) is 45.6 Å². The molecule has 23 heavy (non-hydrogen) atoms. The first-order chi connectivity index (χ1) is 11.4. The smallest absolute Gasteiger partial charge is 0.124 e. The van der Waals surface area contributed by atoms with E-state index in [9.17, 15) is 0 Å². The van der Waals surface area contributed by atoms with Gasteiger partial charge in [0, 0.05) is 31.9 Å². The summed E-state index contributed by atoms with van der Waals surface area (Å²) in [5, 5.41) is 12.1. The molecule has 0 amide bonds. The Bertz CT molecular complexity index is 529. The third-order valence-electron chi connectivity index (χ3n) is 5.11. The van der Waals surface area contributed by atoms with E-state index in [1.54, 1.807) is 5.56 Å². The van der Waals surface area contributed by atoms with Crippen LogP contribution in [0.3, 0.4) is 0 Å². The summed E-state index contributed by atoms with van der Waals surface area (Å²) in [5.74, 6) is 1.58. The van der Waals surface area contributed by atoms with Gasteiger partial charge in [-0.2, -0.15) is 0 Å². The number of para-hydroxylation sites is 1. The Hall–Kier alpha value is -0.790. The maximum atomic E-state index is 8.34. The summed E-state index contributed by atoms with van der Waals surface area (Å²) in [6.45, 7) is 7.88. The highest BCUT2D eigenvalue weighted by atomic mass is 32.2. The molecular formula is C17H26N2O3S. The number of hydrogen-bond acceptors (Lipinski definition) is 6. The van der Waals surface area contributed by atoms with Crippen molar-refractivity contribution in [2.75, 3.05) is 24.5 Å². The van der Waals surface area contributed by atoms with Gasteiger partial charge < -0.3 is 4.90 Å². The predicted molar refractivity (Wildman–Crippen MR) is 92.9 cm³/mol. The Morgan fingerprint density at radius 2 is 2.09 bits per heavy atom. The zero-order valence-corrected chi connectivity index (χ0v) is 14.7. The Labute approximate surface area is 142 Å². The summed E-state index contributed by atoms with van der Waals surface area (Å²) < 4.78 is 6.70. The molecule has 1 aromatic carbocycles. The summed E-state index contributed by atoms with van der Waals surface area (Å²) in [7, 11) is 0. The van der Waals surface area contributed by atoms with Crippen molar-refractivity contribution in [1.29, 1.82) is 0 Å². The second kappa shape index (κ2) is 7.85. The minimum absolute atomic E-state index is 0.757. The molecule has 2 atom stereocenters. The normalized spacial score (nSPS) is 26.0. The zero-order chi connectivity index (χ0) is 16.2. The lowest BCUT2D eigenvalue weighted by Crippen LogP contribution is -2.38. The summed E-state index contributed by atoms with van der Waals surface area (Å²) in [5.41, 5.74) is 4.35. The Kier molecular flexibility index (Phi) is 5.82. The molecule has 3 aliphatic rings. The van der Waals surface area contributed by atoms with Gasteiger partial charge in [-0.05, 0) is 35.8 Å². The van der Waals surface area contributed by atoms with E-state index < -0.39 is 0 Å². The van der Waals surface area contributed by atoms with Crippen LogP contribution in [-0.4, -0.2) is 29.2 Å². The molecule has 1 fully saturated rings. The number of nitrogens with zero attached hydrogens (tertiary/aromatic N) is 2. The highest BCUT2D eigenvalue weighted by molar-refractivity contribution is 7.92. The average Bonchev–Trinajstić information content (AvgIpc) is 3.00. The van der Waals surface area contributed by atoms with Crippen molar-refractivity contribution >= 4 is 17.9 Å². The number of anilines is 1. The number of rotatable bonds is 3. The van der Waals surface area contributed by atoms with Gasteiger partial charge in [0.2, 0.25) is 0 Å². The Morgan fingerprint density at radius 1 is 1.22 bits per heavy atom. The molecule has 0 saturated heterocycles. The molecule has 0 aromatic heterocycles. The lowest BCUT2D eigenvalue weighted by molar-refractivity contribution is -0.433. The Balaban J connectivity index is 0.000000753. The highest BCUT2D eigenvalue weighted by Gasteiger charge is 2.38. The van der Waals surface area contributed by atoms with Crippen molar-refractivity contribution in [3.05, 3.63) is 29.3 Å². The second-order valence-corrected chi connectivity index (χ2v) is 6.98. The van der Waals surface area contributed by atoms with Crippen LogP contribution in [0.1, 0.15) is 50.2 Å². The monoisotopic (exact) mass is 338 g/mol. The standard InChI is InChI=1S/C15H20N2O3S.C2H6/c18-19-20-21-17-8-7-16-9-11-3-1-5-13(11)14-6-2-4-12(10-17)15(14)16;1-2/h2,4,6,11,13,18H,1,3,5,7-10H2;1-2H3/t11-,13-;/m0./s1. The third-order valence-corrected chi connectivity index (χ3v) is 5.76. The zero-order valence-electron chi connectivity index (χ0n) is 13.9. The van der Waals surface area contributed by atoms with Crippen LogP contribution < -0.4 is 4.90 Å². The molecule has 2 heterocycles. The minimum Gasteiger partial charge on any atom is -0.369 e. The first-order valence-corrected chi connectivity index (χ1v) is 9.33. The van der Waals surface area contributed by atoms with Crippen LogP contribution in [0.25, 0.3) is 0 Å². The van der Waals surface area contributed by atoms with Crippen molar-refractivity contribution in [1.82, 2.24) is 4.31 Å². The molecule has 6 heteroatoms. The third kappa shape index (κ3) is 3.37. The molecule has 2 aliphatic heterocycles. The molecule has 0 unspecified atom stereocenters. The number of benzene rings is 1. The van der Waals surface area contributed by atoms with E-state index in [1.807, 2.05) is 13.8 Å². The summed E-state index contributed by atoms with van der Waals surface area (Å²) in [4.78, 5) is 2.55. The van der Waals surface area contributed by atoms with Gasteiger partial charge in [0.15, 0.2) is 0 Å². The van der Waals surface area contributed by atoms with E-state index in [-0.39, 0.29) is 0 Å². The fraction of sp³-hybridized carbons (Fsp3) is 0.647. The molecule has 0 spiro atoms. The van der Waals surface area contributed by atoms with Gasteiger partial charge in [-0.25, -0.2) is 9.56 Å². The first-order valence-electron chi connectivity index (χ1n) is 8.63. The molecule has 5 nitrogen and oxygen atoms in total. The van der Waals surface area contributed by atoms with Crippen LogP contribution in [0.4, 0.5) is 5.69 Å². The van der Waals surface area contributed by atoms with Gasteiger partial charge in [0.25, 0.3) is 0 Å². The maximum absolute atomic E-state index is 8.34. The quantitative estimate of drug-likeness (QED) is 0.385. The molecule has 1 saturated carbocycles. The van der Waals surface area contributed by atoms with E-state index in [0.29, 0.717) is 0 Å². The minimum atomic E-state index is 0.757. The summed E-state index contributed by atoms with van der Waals surface area (Å²) in [6.07, 6.45) is 4.08. The first kappa shape index (κ1) is 17.0. The lowest BCUT2D eigenvalue weighted by Gasteiger charge is -2.38. The molecule has 0 bridgehead atoms. The topological polar surface area (TPSA) is 45.2 Å². The highest BCUT2D eigenvalue weighted by Crippen LogP contribution is 2.49. The van der Waals surface area contributed by atoms with Crippen LogP contribution >= 0.6 is 12.2 Å².